The molecule has 3 rings (SSSR count). The smallest absolute Gasteiger partial charge is 0.119 e. The minimum atomic E-state index is 0.596. The minimum absolute atomic E-state index is 0.596. The molecule has 0 aliphatic rings. The molecule has 0 aliphatic carbocycles. The van der Waals surface area contributed by atoms with E-state index < -0.39 is 0 Å². The van der Waals surface area contributed by atoms with Crippen molar-refractivity contribution in [3.8, 4) is 5.75 Å². The quantitative estimate of drug-likeness (QED) is 0.642. The fourth-order valence-electron chi connectivity index (χ4n) is 2.47. The summed E-state index contributed by atoms with van der Waals surface area (Å²) in [6.45, 7) is 1.49. The maximum absolute atomic E-state index is 5.77. The normalized spacial score (nSPS) is 10.3. The van der Waals surface area contributed by atoms with E-state index in [1.165, 1.54) is 16.8 Å². The van der Waals surface area contributed by atoms with Crippen LogP contribution in [0.25, 0.3) is 0 Å². The number of hydrogen-bond acceptors (Lipinski definition) is 2. The van der Waals surface area contributed by atoms with Crippen molar-refractivity contribution in [2.45, 2.75) is 13.2 Å². The number of nitrogens with zero attached hydrogens (tertiary/aromatic N) is 1. The molecule has 3 aromatic carbocycles. The number of ether oxygens (including phenoxy) is 1. The lowest BCUT2D eigenvalue weighted by Crippen LogP contribution is -2.16. The fourth-order valence-corrected chi connectivity index (χ4v) is 2.47. The van der Waals surface area contributed by atoms with Crippen LogP contribution in [0.1, 0.15) is 11.1 Å². The Morgan fingerprint density at radius 3 is 1.91 bits per heavy atom. The minimum Gasteiger partial charge on any atom is -0.489 e. The van der Waals surface area contributed by atoms with Gasteiger partial charge in [-0.05, 0) is 35.4 Å². The molecule has 0 bridgehead atoms. The van der Waals surface area contributed by atoms with E-state index >= 15 is 0 Å². The van der Waals surface area contributed by atoms with Crippen molar-refractivity contribution >= 4 is 5.69 Å². The lowest BCUT2D eigenvalue weighted by atomic mass is 10.1. The van der Waals surface area contributed by atoms with Gasteiger partial charge in [0.1, 0.15) is 12.4 Å². The summed E-state index contributed by atoms with van der Waals surface area (Å²) in [6.07, 6.45) is 0. The van der Waals surface area contributed by atoms with Crippen LogP contribution < -0.4 is 9.64 Å². The van der Waals surface area contributed by atoms with Crippen molar-refractivity contribution in [3.63, 3.8) is 0 Å². The molecule has 0 radical (unpaired) electrons. The van der Waals surface area contributed by atoms with E-state index in [1.807, 2.05) is 36.4 Å². The van der Waals surface area contributed by atoms with Gasteiger partial charge in [0.05, 0.1) is 0 Å². The summed E-state index contributed by atoms with van der Waals surface area (Å²) >= 11 is 0. The average molecular weight is 303 g/mol. The second kappa shape index (κ2) is 7.50. The van der Waals surface area contributed by atoms with Gasteiger partial charge in [0.2, 0.25) is 0 Å². The number of benzene rings is 3. The Bertz CT molecular complexity index is 708. The van der Waals surface area contributed by atoms with E-state index in [1.54, 1.807) is 0 Å². The van der Waals surface area contributed by atoms with E-state index in [4.69, 9.17) is 4.74 Å². The second-order valence-electron chi connectivity index (χ2n) is 5.61. The second-order valence-corrected chi connectivity index (χ2v) is 5.61. The molecule has 3 aromatic rings. The van der Waals surface area contributed by atoms with Crippen LogP contribution in [-0.2, 0) is 13.2 Å². The van der Waals surface area contributed by atoms with E-state index in [0.717, 1.165) is 12.3 Å². The maximum Gasteiger partial charge on any atom is 0.119 e. The van der Waals surface area contributed by atoms with Crippen molar-refractivity contribution in [2.75, 3.05) is 11.9 Å². The summed E-state index contributed by atoms with van der Waals surface area (Å²) in [6, 6.07) is 28.9. The zero-order chi connectivity index (χ0) is 15.9. The van der Waals surface area contributed by atoms with Crippen molar-refractivity contribution in [2.24, 2.45) is 0 Å². The van der Waals surface area contributed by atoms with Gasteiger partial charge in [0, 0.05) is 19.3 Å². The van der Waals surface area contributed by atoms with Crippen molar-refractivity contribution in [3.05, 3.63) is 96.1 Å². The predicted octanol–water partition coefficient (Wildman–Crippen LogP) is 4.90. The van der Waals surface area contributed by atoms with Gasteiger partial charge >= 0.3 is 0 Å². The first-order valence-electron chi connectivity index (χ1n) is 7.83. The van der Waals surface area contributed by atoms with Crippen LogP contribution in [0.15, 0.2) is 84.9 Å². The van der Waals surface area contributed by atoms with Crippen molar-refractivity contribution in [1.82, 2.24) is 0 Å². The lowest BCUT2D eigenvalue weighted by Gasteiger charge is -2.19. The van der Waals surface area contributed by atoms with E-state index in [2.05, 4.69) is 60.5 Å². The Labute approximate surface area is 138 Å². The van der Waals surface area contributed by atoms with Crippen molar-refractivity contribution < 1.29 is 4.74 Å². The van der Waals surface area contributed by atoms with Gasteiger partial charge < -0.3 is 9.64 Å². The first-order chi connectivity index (χ1) is 11.3. The topological polar surface area (TPSA) is 12.5 Å². The SMILES string of the molecule is CN(Cc1ccc(COc2ccccc2)cc1)c1ccccc1. The molecule has 0 heterocycles. The highest BCUT2D eigenvalue weighted by Crippen LogP contribution is 2.16. The molecule has 23 heavy (non-hydrogen) atoms. The molecule has 2 heteroatoms. The van der Waals surface area contributed by atoms with Crippen LogP contribution in [0.5, 0.6) is 5.75 Å². The summed E-state index contributed by atoms with van der Waals surface area (Å²) < 4.78 is 5.77. The van der Waals surface area contributed by atoms with Gasteiger partial charge in [0.25, 0.3) is 0 Å². The molecule has 0 aliphatic heterocycles. The van der Waals surface area contributed by atoms with Crippen LogP contribution in [0, 0.1) is 0 Å². The third-order valence-electron chi connectivity index (χ3n) is 3.79. The molecule has 0 amide bonds. The Balaban J connectivity index is 1.57. The van der Waals surface area contributed by atoms with E-state index in [0.29, 0.717) is 6.61 Å². The molecular weight excluding hydrogens is 282 g/mol. The summed E-state index contributed by atoms with van der Waals surface area (Å²) in [5.74, 6) is 0.903. The molecule has 0 fully saturated rings. The van der Waals surface area contributed by atoms with E-state index in [9.17, 15) is 0 Å². The highest BCUT2D eigenvalue weighted by Gasteiger charge is 2.02. The summed E-state index contributed by atoms with van der Waals surface area (Å²) in [5.41, 5.74) is 3.70. The summed E-state index contributed by atoms with van der Waals surface area (Å²) in [7, 11) is 2.11. The van der Waals surface area contributed by atoms with Crippen molar-refractivity contribution in [1.29, 1.82) is 0 Å². The zero-order valence-corrected chi connectivity index (χ0v) is 13.4. The Kier molecular flexibility index (Phi) is 4.95. The largest absolute Gasteiger partial charge is 0.489 e. The Hall–Kier alpha value is -2.74. The summed E-state index contributed by atoms with van der Waals surface area (Å²) in [5, 5.41) is 0. The Morgan fingerprint density at radius 2 is 1.26 bits per heavy atom. The third-order valence-corrected chi connectivity index (χ3v) is 3.79. The molecule has 116 valence electrons. The number of para-hydroxylation sites is 2. The van der Waals surface area contributed by atoms with Gasteiger partial charge in [-0.3, -0.25) is 0 Å². The lowest BCUT2D eigenvalue weighted by molar-refractivity contribution is 0.306. The van der Waals surface area contributed by atoms with Crippen LogP contribution >= 0.6 is 0 Å². The summed E-state index contributed by atoms with van der Waals surface area (Å²) in [4.78, 5) is 2.25. The number of anilines is 1. The monoisotopic (exact) mass is 303 g/mol. The number of rotatable bonds is 6. The Morgan fingerprint density at radius 1 is 0.696 bits per heavy atom. The van der Waals surface area contributed by atoms with Gasteiger partial charge in [-0.15, -0.1) is 0 Å². The van der Waals surface area contributed by atoms with Crippen LogP contribution in [-0.4, -0.2) is 7.05 Å². The molecule has 0 aromatic heterocycles. The molecule has 0 saturated heterocycles. The van der Waals surface area contributed by atoms with Gasteiger partial charge in [-0.2, -0.15) is 0 Å². The highest BCUT2D eigenvalue weighted by atomic mass is 16.5. The van der Waals surface area contributed by atoms with Crippen LogP contribution in [0.2, 0.25) is 0 Å². The molecule has 0 unspecified atom stereocenters. The highest BCUT2D eigenvalue weighted by molar-refractivity contribution is 5.45. The van der Waals surface area contributed by atoms with Gasteiger partial charge in [-0.1, -0.05) is 60.7 Å². The predicted molar refractivity (Wildman–Crippen MR) is 95.8 cm³/mol. The molecule has 0 atom stereocenters. The molecule has 2 nitrogen and oxygen atoms in total. The van der Waals surface area contributed by atoms with Crippen LogP contribution in [0.4, 0.5) is 5.69 Å². The van der Waals surface area contributed by atoms with E-state index in [-0.39, 0.29) is 0 Å². The van der Waals surface area contributed by atoms with Gasteiger partial charge in [0.15, 0.2) is 0 Å². The van der Waals surface area contributed by atoms with Crippen LogP contribution in [0.3, 0.4) is 0 Å². The fraction of sp³-hybridized carbons (Fsp3) is 0.143. The third kappa shape index (κ3) is 4.36. The van der Waals surface area contributed by atoms with Gasteiger partial charge in [-0.25, -0.2) is 0 Å². The molecule has 0 saturated carbocycles. The molecule has 0 spiro atoms. The maximum atomic E-state index is 5.77. The first-order valence-corrected chi connectivity index (χ1v) is 7.83. The standard InChI is InChI=1S/C21H21NO/c1-22(20-8-4-2-5-9-20)16-18-12-14-19(15-13-18)17-23-21-10-6-3-7-11-21/h2-15H,16-17H2,1H3. The molecular formula is C21H21NO. The average Bonchev–Trinajstić information content (AvgIpc) is 2.63. The first kappa shape index (κ1) is 15.2. The molecule has 0 N–H and O–H groups in total. The zero-order valence-electron chi connectivity index (χ0n) is 13.4. The number of hydrogen-bond donors (Lipinski definition) is 0.